The van der Waals surface area contributed by atoms with Gasteiger partial charge < -0.3 is 4.74 Å². The third-order valence-electron chi connectivity index (χ3n) is 4.41. The van der Waals surface area contributed by atoms with E-state index in [0.29, 0.717) is 0 Å². The summed E-state index contributed by atoms with van der Waals surface area (Å²) in [6.07, 6.45) is 0. The molecule has 112 valence electrons. The van der Waals surface area contributed by atoms with Gasteiger partial charge in [0.25, 0.3) is 6.71 Å². The molecule has 4 rings (SSSR count). The lowest BCUT2D eigenvalue weighted by Gasteiger charge is -2.27. The van der Waals surface area contributed by atoms with Gasteiger partial charge in [0.05, 0.1) is 0 Å². The second-order valence-corrected chi connectivity index (χ2v) is 5.97. The lowest BCUT2D eigenvalue weighted by Crippen LogP contribution is -2.57. The van der Waals surface area contributed by atoms with Crippen LogP contribution in [0.5, 0.6) is 11.5 Å². The maximum absolute atomic E-state index is 6.09. The van der Waals surface area contributed by atoms with E-state index in [9.17, 15) is 0 Å². The number of hydrogen-bond acceptors (Lipinski definition) is 3. The Morgan fingerprint density at radius 1 is 0.739 bits per heavy atom. The van der Waals surface area contributed by atoms with Crippen LogP contribution in [0.2, 0.25) is 0 Å². The highest BCUT2D eigenvalue weighted by molar-refractivity contribution is 6.97. The van der Waals surface area contributed by atoms with Gasteiger partial charge >= 0.3 is 0 Å². The number of aryl methyl sites for hydroxylation is 3. The molecule has 1 aliphatic rings. The van der Waals surface area contributed by atoms with E-state index in [0.717, 1.165) is 28.7 Å². The fourth-order valence-electron chi connectivity index (χ4n) is 3.53. The zero-order chi connectivity index (χ0) is 16.0. The van der Waals surface area contributed by atoms with Crippen LogP contribution in [-0.4, -0.2) is 16.7 Å². The minimum Gasteiger partial charge on any atom is -0.458 e. The van der Waals surface area contributed by atoms with Crippen molar-refractivity contribution >= 4 is 23.1 Å². The first-order valence-electron chi connectivity index (χ1n) is 7.82. The molecule has 2 aromatic carbocycles. The van der Waals surface area contributed by atoms with Crippen molar-refractivity contribution in [2.45, 2.75) is 20.8 Å². The Labute approximate surface area is 136 Å². The highest BCUT2D eigenvalue weighted by Crippen LogP contribution is 2.24. The summed E-state index contributed by atoms with van der Waals surface area (Å²) >= 11 is 0. The smallest absolute Gasteiger partial charge is 0.255 e. The van der Waals surface area contributed by atoms with Gasteiger partial charge in [0.15, 0.2) is 0 Å². The molecule has 0 atom stereocenters. The minimum atomic E-state index is 0.108. The van der Waals surface area contributed by atoms with E-state index in [1.807, 2.05) is 31.2 Å². The second kappa shape index (κ2) is 5.23. The van der Waals surface area contributed by atoms with Crippen molar-refractivity contribution in [2.75, 3.05) is 0 Å². The Morgan fingerprint density at radius 3 is 1.74 bits per heavy atom. The van der Waals surface area contributed by atoms with Crippen LogP contribution in [0.15, 0.2) is 48.5 Å². The Morgan fingerprint density at radius 2 is 1.22 bits per heavy atom. The zero-order valence-corrected chi connectivity index (χ0v) is 13.5. The minimum absolute atomic E-state index is 0.108. The molecule has 0 saturated carbocycles. The summed E-state index contributed by atoms with van der Waals surface area (Å²) in [5, 5.41) is 0. The average molecular weight is 300 g/mol. The second-order valence-electron chi connectivity index (χ2n) is 5.97. The van der Waals surface area contributed by atoms with Crippen LogP contribution in [0.3, 0.4) is 0 Å². The maximum Gasteiger partial charge on any atom is 0.255 e. The Hall–Kier alpha value is -2.62. The van der Waals surface area contributed by atoms with Crippen molar-refractivity contribution in [3.8, 4) is 11.5 Å². The Balaban J connectivity index is 2.02. The highest BCUT2D eigenvalue weighted by atomic mass is 16.5. The fraction of sp³-hybridized carbons (Fsp3) is 0.158. The van der Waals surface area contributed by atoms with Gasteiger partial charge in [0.2, 0.25) is 0 Å². The third kappa shape index (κ3) is 2.22. The van der Waals surface area contributed by atoms with Crippen LogP contribution in [0.25, 0.3) is 0 Å². The summed E-state index contributed by atoms with van der Waals surface area (Å²) in [5.41, 5.74) is 5.59. The van der Waals surface area contributed by atoms with Crippen molar-refractivity contribution in [1.29, 1.82) is 0 Å². The lowest BCUT2D eigenvalue weighted by atomic mass is 9.35. The topological polar surface area (TPSA) is 35.0 Å². The monoisotopic (exact) mass is 300 g/mol. The van der Waals surface area contributed by atoms with E-state index in [1.165, 1.54) is 16.4 Å². The normalized spacial score (nSPS) is 12.4. The molecule has 0 aliphatic carbocycles. The van der Waals surface area contributed by atoms with Crippen LogP contribution >= 0.6 is 0 Å². The fourth-order valence-corrected chi connectivity index (χ4v) is 3.53. The Bertz CT molecular complexity index is 839. The molecule has 1 aromatic heterocycles. The number of para-hydroxylation sites is 2. The van der Waals surface area contributed by atoms with Gasteiger partial charge in [-0.15, -0.1) is 0 Å². The molecule has 0 unspecified atom stereocenters. The van der Waals surface area contributed by atoms with Crippen molar-refractivity contribution in [3.63, 3.8) is 0 Å². The van der Waals surface area contributed by atoms with Crippen LogP contribution in [0.4, 0.5) is 0 Å². The van der Waals surface area contributed by atoms with Crippen LogP contribution in [0, 0.1) is 20.8 Å². The first kappa shape index (κ1) is 14.0. The molecule has 23 heavy (non-hydrogen) atoms. The van der Waals surface area contributed by atoms with Gasteiger partial charge in [-0.05, 0) is 49.3 Å². The number of hydrogen-bond donors (Lipinski definition) is 0. The molecule has 0 spiro atoms. The lowest BCUT2D eigenvalue weighted by molar-refractivity contribution is 0.487. The van der Waals surface area contributed by atoms with Crippen LogP contribution in [0.1, 0.15) is 17.2 Å². The molecule has 0 bridgehead atoms. The summed E-state index contributed by atoms with van der Waals surface area (Å²) in [7, 11) is 0. The number of rotatable bonds is 1. The molecule has 0 saturated heterocycles. The predicted octanol–water partition coefficient (Wildman–Crippen LogP) is 2.02. The van der Waals surface area contributed by atoms with Gasteiger partial charge in [-0.3, -0.25) is 0 Å². The number of aromatic nitrogens is 2. The summed E-state index contributed by atoms with van der Waals surface area (Å²) < 4.78 is 6.09. The average Bonchev–Trinajstić information content (AvgIpc) is 2.53. The van der Waals surface area contributed by atoms with Crippen molar-refractivity contribution in [1.82, 2.24) is 9.97 Å². The van der Waals surface area contributed by atoms with Gasteiger partial charge in [-0.2, -0.15) is 0 Å². The first-order valence-corrected chi connectivity index (χ1v) is 7.82. The largest absolute Gasteiger partial charge is 0.458 e. The standard InChI is InChI=1S/C19H17BN2O/c1-12-19(13(2)22-14(3)21-12)20-15-8-4-6-10-17(15)23-18-11-7-5-9-16(18)20/h4-11H,1-3H3. The molecule has 0 radical (unpaired) electrons. The zero-order valence-electron chi connectivity index (χ0n) is 13.5. The molecule has 0 amide bonds. The number of nitrogens with zero attached hydrogens (tertiary/aromatic N) is 2. The summed E-state index contributed by atoms with van der Waals surface area (Å²) in [5.74, 6) is 2.64. The molecule has 1 aliphatic heterocycles. The van der Waals surface area contributed by atoms with E-state index in [1.54, 1.807) is 0 Å². The SMILES string of the molecule is Cc1nc(C)c(B2c3ccccc3Oc3ccccc32)c(C)n1. The van der Waals surface area contributed by atoms with Crippen LogP contribution < -0.4 is 21.1 Å². The third-order valence-corrected chi connectivity index (χ3v) is 4.41. The van der Waals surface area contributed by atoms with Crippen molar-refractivity contribution in [2.24, 2.45) is 0 Å². The molecular weight excluding hydrogens is 283 g/mol. The van der Waals surface area contributed by atoms with E-state index in [-0.39, 0.29) is 6.71 Å². The van der Waals surface area contributed by atoms with E-state index < -0.39 is 0 Å². The number of ether oxygens (including phenoxy) is 1. The maximum atomic E-state index is 6.09. The van der Waals surface area contributed by atoms with E-state index >= 15 is 0 Å². The van der Waals surface area contributed by atoms with E-state index in [4.69, 9.17) is 4.74 Å². The predicted molar refractivity (Wildman–Crippen MR) is 93.9 cm³/mol. The van der Waals surface area contributed by atoms with Crippen molar-refractivity contribution in [3.05, 3.63) is 65.7 Å². The van der Waals surface area contributed by atoms with Gasteiger partial charge in [0.1, 0.15) is 17.3 Å². The molecule has 0 fully saturated rings. The van der Waals surface area contributed by atoms with Gasteiger partial charge in [-0.25, -0.2) is 9.97 Å². The summed E-state index contributed by atoms with van der Waals surface area (Å²) in [6, 6.07) is 16.5. The van der Waals surface area contributed by atoms with Gasteiger partial charge in [-0.1, -0.05) is 36.4 Å². The van der Waals surface area contributed by atoms with Crippen molar-refractivity contribution < 1.29 is 4.74 Å². The van der Waals surface area contributed by atoms with E-state index in [2.05, 4.69) is 48.1 Å². The van der Waals surface area contributed by atoms with Gasteiger partial charge in [0, 0.05) is 11.4 Å². The molecular formula is C19H17BN2O. The van der Waals surface area contributed by atoms with Crippen LogP contribution in [-0.2, 0) is 0 Å². The number of fused-ring (bicyclic) bond motifs is 2. The summed E-state index contributed by atoms with van der Waals surface area (Å²) in [4.78, 5) is 9.21. The molecule has 3 aromatic rings. The molecule has 3 nitrogen and oxygen atoms in total. The Kier molecular flexibility index (Phi) is 3.19. The first-order chi connectivity index (χ1) is 11.1. The number of benzene rings is 2. The highest BCUT2D eigenvalue weighted by Gasteiger charge is 2.34. The molecule has 2 heterocycles. The quantitative estimate of drug-likeness (QED) is 0.505. The summed E-state index contributed by atoms with van der Waals surface area (Å²) in [6.45, 7) is 6.18. The molecule has 4 heteroatoms. The molecule has 0 N–H and O–H groups in total.